The maximum absolute atomic E-state index is 12.2. The van der Waals surface area contributed by atoms with Crippen molar-refractivity contribution in [3.63, 3.8) is 0 Å². The molecule has 0 aromatic carbocycles. The van der Waals surface area contributed by atoms with Gasteiger partial charge in [-0.2, -0.15) is 8.78 Å². The first kappa shape index (κ1) is 11.8. The molecule has 11 heavy (non-hydrogen) atoms. The molecule has 5 heteroatoms. The molecule has 0 radical (unpaired) electrons. The van der Waals surface area contributed by atoms with Gasteiger partial charge in [-0.15, -0.1) is 0 Å². The van der Waals surface area contributed by atoms with Crippen molar-refractivity contribution in [2.75, 3.05) is 13.2 Å². The van der Waals surface area contributed by atoms with Gasteiger partial charge in [0.1, 0.15) is 0 Å². The Kier molecular flexibility index (Phi) is 5.82. The first-order valence-electron chi connectivity index (χ1n) is 3.24. The number of rotatable bonds is 5. The van der Waals surface area contributed by atoms with Gasteiger partial charge in [-0.25, -0.2) is 0 Å². The lowest BCUT2D eigenvalue weighted by Crippen LogP contribution is -2.17. The molecule has 0 aromatic heterocycles. The van der Waals surface area contributed by atoms with Crippen LogP contribution >= 0.6 is 31.9 Å². The second-order valence-corrected chi connectivity index (χ2v) is 4.53. The molecule has 0 N–H and O–H groups in total. The zero-order chi connectivity index (χ0) is 8.91. The second-order valence-electron chi connectivity index (χ2n) is 2.08. The van der Waals surface area contributed by atoms with Crippen LogP contribution in [0.1, 0.15) is 13.3 Å². The molecule has 0 spiro atoms. The predicted octanol–water partition coefficient (Wildman–Crippen LogP) is 3.16. The normalized spacial score (nSPS) is 15.0. The monoisotopic (exact) mass is 294 g/mol. The fourth-order valence-electron chi connectivity index (χ4n) is 0.556. The molecule has 0 aliphatic carbocycles. The van der Waals surface area contributed by atoms with E-state index in [0.717, 1.165) is 0 Å². The van der Waals surface area contributed by atoms with Gasteiger partial charge < -0.3 is 4.74 Å². The number of hydrogen-bond acceptors (Lipinski definition) is 1. The standard InChI is InChI=1S/C6H10Br2F2O/c1-2-11-4-5(7)3-6(8,9)10/h5H,2-4H2,1H3. The van der Waals surface area contributed by atoms with Crippen molar-refractivity contribution in [1.82, 2.24) is 0 Å². The Bertz CT molecular complexity index is 105. The van der Waals surface area contributed by atoms with E-state index in [-0.39, 0.29) is 11.2 Å². The molecule has 0 aliphatic rings. The van der Waals surface area contributed by atoms with E-state index in [1.807, 2.05) is 6.92 Å². The zero-order valence-electron chi connectivity index (χ0n) is 6.12. The van der Waals surface area contributed by atoms with Crippen molar-refractivity contribution in [3.8, 4) is 0 Å². The third kappa shape index (κ3) is 8.69. The average Bonchev–Trinajstić information content (AvgIpc) is 1.79. The first-order valence-corrected chi connectivity index (χ1v) is 4.95. The largest absolute Gasteiger partial charge is 0.381 e. The molecule has 0 aromatic rings. The third-order valence-corrected chi connectivity index (χ3v) is 1.87. The summed E-state index contributed by atoms with van der Waals surface area (Å²) >= 11 is 5.33. The molecule has 0 saturated carbocycles. The van der Waals surface area contributed by atoms with E-state index in [9.17, 15) is 8.78 Å². The van der Waals surface area contributed by atoms with E-state index in [0.29, 0.717) is 13.2 Å². The Balaban J connectivity index is 3.44. The molecule has 0 amide bonds. The first-order chi connectivity index (χ1) is 4.95. The van der Waals surface area contributed by atoms with E-state index >= 15 is 0 Å². The summed E-state index contributed by atoms with van der Waals surface area (Å²) in [6.07, 6.45) is -0.257. The van der Waals surface area contributed by atoms with Crippen LogP contribution in [0.5, 0.6) is 0 Å². The average molecular weight is 296 g/mol. The molecule has 0 bridgehead atoms. The molecule has 0 aliphatic heterocycles. The van der Waals surface area contributed by atoms with E-state index in [1.54, 1.807) is 0 Å². The highest BCUT2D eigenvalue weighted by atomic mass is 79.9. The number of halogens is 4. The Hall–Kier alpha value is 0.780. The smallest absolute Gasteiger partial charge is 0.302 e. The van der Waals surface area contributed by atoms with Gasteiger partial charge in [0.05, 0.1) is 6.61 Å². The Labute approximate surface area is 81.7 Å². The van der Waals surface area contributed by atoms with E-state index in [4.69, 9.17) is 4.74 Å². The minimum absolute atomic E-state index is 0.257. The fourth-order valence-corrected chi connectivity index (χ4v) is 1.97. The highest BCUT2D eigenvalue weighted by Crippen LogP contribution is 2.29. The minimum Gasteiger partial charge on any atom is -0.381 e. The number of hydrogen-bond donors (Lipinski definition) is 0. The Morgan fingerprint density at radius 2 is 2.09 bits per heavy atom. The lowest BCUT2D eigenvalue weighted by molar-refractivity contribution is 0.0834. The zero-order valence-corrected chi connectivity index (χ0v) is 9.29. The van der Waals surface area contributed by atoms with Crippen LogP contribution in [0.2, 0.25) is 0 Å². The lowest BCUT2D eigenvalue weighted by atomic mass is 10.3. The van der Waals surface area contributed by atoms with Gasteiger partial charge in [0, 0.05) is 17.9 Å². The third-order valence-electron chi connectivity index (χ3n) is 0.956. The molecule has 1 unspecified atom stereocenters. The second kappa shape index (κ2) is 5.43. The van der Waals surface area contributed by atoms with Crippen LogP contribution in [-0.4, -0.2) is 22.9 Å². The van der Waals surface area contributed by atoms with Crippen LogP contribution < -0.4 is 0 Å². The molecule has 0 rings (SSSR count). The molecule has 0 heterocycles. The molecule has 0 saturated heterocycles. The van der Waals surface area contributed by atoms with Crippen LogP contribution in [0.15, 0.2) is 0 Å². The summed E-state index contributed by atoms with van der Waals surface area (Å²) in [6, 6.07) is 0. The van der Waals surface area contributed by atoms with Crippen molar-refractivity contribution in [3.05, 3.63) is 0 Å². The summed E-state index contributed by atoms with van der Waals surface area (Å²) in [7, 11) is 0. The Morgan fingerprint density at radius 1 is 1.55 bits per heavy atom. The topological polar surface area (TPSA) is 9.23 Å². The summed E-state index contributed by atoms with van der Waals surface area (Å²) in [4.78, 5) is -3.09. The molecule has 1 nitrogen and oxygen atoms in total. The van der Waals surface area contributed by atoms with Gasteiger partial charge in [-0.3, -0.25) is 0 Å². The van der Waals surface area contributed by atoms with Crippen molar-refractivity contribution >= 4 is 31.9 Å². The van der Waals surface area contributed by atoms with Crippen molar-refractivity contribution < 1.29 is 13.5 Å². The summed E-state index contributed by atoms with van der Waals surface area (Å²) in [5.74, 6) is 0. The van der Waals surface area contributed by atoms with Crippen molar-refractivity contribution in [1.29, 1.82) is 0 Å². The number of ether oxygens (including phenoxy) is 1. The van der Waals surface area contributed by atoms with E-state index in [1.165, 1.54) is 0 Å². The summed E-state index contributed by atoms with van der Waals surface area (Å²) in [6.45, 7) is 2.69. The van der Waals surface area contributed by atoms with Gasteiger partial charge in [0.25, 0.3) is 0 Å². The molecule has 0 fully saturated rings. The maximum atomic E-state index is 12.2. The highest BCUT2D eigenvalue weighted by Gasteiger charge is 2.27. The predicted molar refractivity (Wildman–Crippen MR) is 47.7 cm³/mol. The van der Waals surface area contributed by atoms with Gasteiger partial charge in [0.2, 0.25) is 0 Å². The van der Waals surface area contributed by atoms with Gasteiger partial charge in [-0.05, 0) is 22.9 Å². The van der Waals surface area contributed by atoms with Crippen LogP contribution in [0.25, 0.3) is 0 Å². The minimum atomic E-state index is -2.79. The van der Waals surface area contributed by atoms with Crippen molar-refractivity contribution in [2.45, 2.75) is 23.0 Å². The van der Waals surface area contributed by atoms with Crippen molar-refractivity contribution in [2.24, 2.45) is 0 Å². The quantitative estimate of drug-likeness (QED) is 0.708. The van der Waals surface area contributed by atoms with E-state index in [2.05, 4.69) is 31.9 Å². The summed E-state index contributed by atoms with van der Waals surface area (Å²) < 4.78 is 29.4. The number of alkyl halides is 4. The summed E-state index contributed by atoms with van der Waals surface area (Å²) in [5.41, 5.74) is 0. The fraction of sp³-hybridized carbons (Fsp3) is 1.00. The van der Waals surface area contributed by atoms with Crippen LogP contribution in [0.3, 0.4) is 0 Å². The van der Waals surface area contributed by atoms with Crippen LogP contribution in [-0.2, 0) is 4.74 Å². The van der Waals surface area contributed by atoms with Gasteiger partial charge in [-0.1, -0.05) is 15.9 Å². The van der Waals surface area contributed by atoms with Gasteiger partial charge in [0.15, 0.2) is 0 Å². The Morgan fingerprint density at radius 3 is 2.45 bits per heavy atom. The summed E-state index contributed by atoms with van der Waals surface area (Å²) in [5, 5.41) is 0. The molecule has 68 valence electrons. The SMILES string of the molecule is CCOCC(Br)CC(F)(F)Br. The maximum Gasteiger partial charge on any atom is 0.302 e. The molecular formula is C6H10Br2F2O. The van der Waals surface area contributed by atoms with Crippen LogP contribution in [0.4, 0.5) is 8.78 Å². The molecule has 1 atom stereocenters. The molecular weight excluding hydrogens is 286 g/mol. The van der Waals surface area contributed by atoms with Crippen LogP contribution in [0, 0.1) is 0 Å². The van der Waals surface area contributed by atoms with Gasteiger partial charge >= 0.3 is 4.83 Å². The van der Waals surface area contributed by atoms with E-state index < -0.39 is 4.83 Å². The highest BCUT2D eigenvalue weighted by molar-refractivity contribution is 9.10. The lowest BCUT2D eigenvalue weighted by Gasteiger charge is -2.13.